The summed E-state index contributed by atoms with van der Waals surface area (Å²) in [6, 6.07) is 5.03. The summed E-state index contributed by atoms with van der Waals surface area (Å²) in [5.41, 5.74) is -1.46. The van der Waals surface area contributed by atoms with Crippen molar-refractivity contribution in [1.82, 2.24) is 4.90 Å². The van der Waals surface area contributed by atoms with Crippen molar-refractivity contribution in [2.24, 2.45) is 0 Å². The van der Waals surface area contributed by atoms with Crippen molar-refractivity contribution < 1.29 is 85.6 Å². The number of nitrogens with zero attached hydrogens (tertiary/aromatic N) is 1. The van der Waals surface area contributed by atoms with Crippen LogP contribution in [-0.4, -0.2) is 84.3 Å². The van der Waals surface area contributed by atoms with Gasteiger partial charge in [0.2, 0.25) is 0 Å². The van der Waals surface area contributed by atoms with E-state index in [1.54, 1.807) is 12.2 Å². The Hall–Kier alpha value is -4.04. The van der Waals surface area contributed by atoms with Crippen molar-refractivity contribution in [3.05, 3.63) is 59.7 Å². The predicted molar refractivity (Wildman–Crippen MR) is 137 cm³/mol. The summed E-state index contributed by atoms with van der Waals surface area (Å²) in [6.07, 6.45) is -13.6. The monoisotopic (exact) mass is 722 g/mol. The summed E-state index contributed by atoms with van der Waals surface area (Å²) >= 11 is 0. The summed E-state index contributed by atoms with van der Waals surface area (Å²) in [7, 11) is 0. The van der Waals surface area contributed by atoms with Gasteiger partial charge in [0.1, 0.15) is 12.4 Å². The molecule has 0 bridgehead atoms. The van der Waals surface area contributed by atoms with E-state index in [4.69, 9.17) is 14.6 Å². The molecule has 0 heterocycles. The van der Waals surface area contributed by atoms with Crippen molar-refractivity contribution in [1.29, 1.82) is 0 Å². The maximum absolute atomic E-state index is 14.6. The largest absolute Gasteiger partial charge is 0.492 e. The number of ether oxygens (including phenoxy) is 2. The number of carbonyl (C=O) groups excluding carboxylic acids is 1. The fourth-order valence-corrected chi connectivity index (χ4v) is 3.77. The fourth-order valence-electron chi connectivity index (χ4n) is 3.77. The van der Waals surface area contributed by atoms with Crippen LogP contribution in [0.15, 0.2) is 48.5 Å². The van der Waals surface area contributed by atoms with Gasteiger partial charge >= 0.3 is 48.0 Å². The van der Waals surface area contributed by atoms with Gasteiger partial charge in [-0.05, 0) is 48.9 Å². The molecule has 7 nitrogen and oxygen atoms in total. The maximum atomic E-state index is 14.6. The standard InChI is InChI=1S/C27H24F14N2O5/c1-2-47-19(20(44)45)13-15-3-9-18(10-4-15)48-12-11-43(21(46)42-17-7-5-16(6-8-17)23(30,31)32)14-22(28,29)24(33,34)25(35,36)26(37,38)27(39,40)41/h3-10,19H,2,11-14H2,1H3,(H,42,46)(H,44,45). The van der Waals surface area contributed by atoms with Crippen LogP contribution in [0, 0.1) is 0 Å². The number of carboxylic acids is 1. The molecule has 2 N–H and O–H groups in total. The Kier molecular flexibility index (Phi) is 12.2. The molecule has 48 heavy (non-hydrogen) atoms. The van der Waals surface area contributed by atoms with E-state index in [0.717, 1.165) is 0 Å². The van der Waals surface area contributed by atoms with Crippen molar-refractivity contribution in [2.45, 2.75) is 55.5 Å². The smallest absolute Gasteiger partial charge is 0.460 e. The molecule has 2 aromatic rings. The first-order chi connectivity index (χ1) is 21.8. The number of aliphatic carboxylic acids is 1. The van der Waals surface area contributed by atoms with Gasteiger partial charge in [0, 0.05) is 18.7 Å². The highest BCUT2D eigenvalue weighted by atomic mass is 19.4. The van der Waals surface area contributed by atoms with Gasteiger partial charge in [-0.25, -0.2) is 9.59 Å². The van der Waals surface area contributed by atoms with Crippen LogP contribution in [0.1, 0.15) is 18.1 Å². The van der Waals surface area contributed by atoms with Gasteiger partial charge in [-0.15, -0.1) is 0 Å². The molecule has 0 fully saturated rings. The Morgan fingerprint density at radius 1 is 0.792 bits per heavy atom. The average molecular weight is 722 g/mol. The molecule has 270 valence electrons. The van der Waals surface area contributed by atoms with Crippen LogP contribution >= 0.6 is 0 Å². The van der Waals surface area contributed by atoms with E-state index in [0.29, 0.717) is 29.8 Å². The molecule has 0 radical (unpaired) electrons. The number of hydrogen-bond donors (Lipinski definition) is 2. The number of benzene rings is 2. The van der Waals surface area contributed by atoms with Crippen LogP contribution in [0.4, 0.5) is 71.9 Å². The van der Waals surface area contributed by atoms with Crippen LogP contribution in [-0.2, 0) is 22.1 Å². The van der Waals surface area contributed by atoms with Crippen molar-refractivity contribution >= 4 is 17.7 Å². The first-order valence-corrected chi connectivity index (χ1v) is 13.2. The SMILES string of the molecule is CCOC(Cc1ccc(OCCN(CC(F)(F)C(F)(F)C(F)(F)C(F)(F)C(F)(F)F)C(=O)Nc2ccc(C(F)(F)F)cc2)cc1)C(=O)O. The van der Waals surface area contributed by atoms with Gasteiger partial charge in [0.05, 0.1) is 18.7 Å². The van der Waals surface area contributed by atoms with Crippen LogP contribution in [0.2, 0.25) is 0 Å². The Balaban J connectivity index is 2.32. The summed E-state index contributed by atoms with van der Waals surface area (Å²) in [4.78, 5) is 23.5. The lowest BCUT2D eigenvalue weighted by atomic mass is 9.97. The number of alkyl halides is 14. The van der Waals surface area contributed by atoms with E-state index in [1.807, 2.05) is 0 Å². The molecular formula is C27H24F14N2O5. The average Bonchev–Trinajstić information content (AvgIpc) is 2.96. The molecule has 0 aliphatic carbocycles. The topological polar surface area (TPSA) is 88.1 Å². The minimum atomic E-state index is -7.74. The zero-order valence-electron chi connectivity index (χ0n) is 24.1. The van der Waals surface area contributed by atoms with E-state index in [1.165, 1.54) is 24.3 Å². The number of carbonyl (C=O) groups is 2. The van der Waals surface area contributed by atoms with E-state index < -0.39 is 90.0 Å². The highest BCUT2D eigenvalue weighted by molar-refractivity contribution is 5.89. The minimum absolute atomic E-state index is 0.0640. The molecule has 2 amide bonds. The number of rotatable bonds is 15. The number of nitrogens with one attached hydrogen (secondary N) is 1. The molecule has 0 saturated carbocycles. The zero-order valence-corrected chi connectivity index (χ0v) is 24.1. The Labute approximate surface area is 261 Å². The number of amides is 2. The minimum Gasteiger partial charge on any atom is -0.492 e. The van der Waals surface area contributed by atoms with Crippen molar-refractivity contribution in [2.75, 3.05) is 31.6 Å². The number of halogens is 14. The zero-order chi connectivity index (χ0) is 36.9. The normalized spacial score (nSPS) is 14.0. The quantitative estimate of drug-likeness (QED) is 0.184. The van der Waals surface area contributed by atoms with E-state index in [2.05, 4.69) is 0 Å². The highest BCUT2D eigenvalue weighted by Crippen LogP contribution is 2.57. The lowest BCUT2D eigenvalue weighted by Crippen LogP contribution is -2.68. The molecule has 1 atom stereocenters. The van der Waals surface area contributed by atoms with E-state index in [-0.39, 0.29) is 18.8 Å². The molecule has 0 spiro atoms. The molecule has 0 aliphatic heterocycles. The molecule has 1 unspecified atom stereocenters. The number of anilines is 1. The second kappa shape index (κ2) is 14.6. The van der Waals surface area contributed by atoms with Crippen LogP contribution < -0.4 is 10.1 Å². The lowest BCUT2D eigenvalue weighted by Gasteiger charge is -2.38. The third-order valence-electron chi connectivity index (χ3n) is 6.36. The second-order valence-electron chi connectivity index (χ2n) is 9.83. The van der Waals surface area contributed by atoms with Crippen LogP contribution in [0.25, 0.3) is 0 Å². The number of hydrogen-bond acceptors (Lipinski definition) is 4. The lowest BCUT2D eigenvalue weighted by molar-refractivity contribution is -0.422. The first-order valence-electron chi connectivity index (χ1n) is 13.2. The van der Waals surface area contributed by atoms with Gasteiger partial charge < -0.3 is 24.8 Å². The molecule has 21 heteroatoms. The number of urea groups is 1. The Morgan fingerprint density at radius 3 is 1.79 bits per heavy atom. The second-order valence-corrected chi connectivity index (χ2v) is 9.83. The molecule has 0 saturated heterocycles. The van der Waals surface area contributed by atoms with E-state index >= 15 is 0 Å². The molecule has 0 aromatic heterocycles. The fraction of sp³-hybridized carbons (Fsp3) is 0.481. The highest BCUT2D eigenvalue weighted by Gasteiger charge is 2.87. The van der Waals surface area contributed by atoms with Gasteiger partial charge in [-0.1, -0.05) is 12.1 Å². The molecule has 2 rings (SSSR count). The summed E-state index contributed by atoms with van der Waals surface area (Å²) in [5, 5.41) is 10.9. The van der Waals surface area contributed by atoms with Crippen LogP contribution in [0.5, 0.6) is 5.75 Å². The summed E-state index contributed by atoms with van der Waals surface area (Å²) in [6.45, 7) is -3.50. The van der Waals surface area contributed by atoms with Gasteiger partial charge in [-0.2, -0.15) is 61.5 Å². The third-order valence-corrected chi connectivity index (χ3v) is 6.36. The van der Waals surface area contributed by atoms with E-state index in [9.17, 15) is 71.1 Å². The van der Waals surface area contributed by atoms with Crippen molar-refractivity contribution in [3.8, 4) is 5.75 Å². The Morgan fingerprint density at radius 2 is 1.33 bits per heavy atom. The Bertz CT molecular complexity index is 1380. The van der Waals surface area contributed by atoms with Gasteiger partial charge in [0.15, 0.2) is 6.10 Å². The van der Waals surface area contributed by atoms with Gasteiger partial charge in [-0.3, -0.25) is 0 Å². The van der Waals surface area contributed by atoms with Gasteiger partial charge in [0.25, 0.3) is 0 Å². The van der Waals surface area contributed by atoms with Crippen molar-refractivity contribution in [3.63, 3.8) is 0 Å². The molecule has 0 aliphatic rings. The third kappa shape index (κ3) is 9.10. The summed E-state index contributed by atoms with van der Waals surface area (Å²) < 4.78 is 198. The molecular weight excluding hydrogens is 698 g/mol. The maximum Gasteiger partial charge on any atom is 0.460 e. The first kappa shape index (κ1) is 40.1. The number of carboxylic acid groups (broad SMARTS) is 1. The summed E-state index contributed by atoms with van der Waals surface area (Å²) in [5.74, 6) is -30.7. The van der Waals surface area contributed by atoms with Crippen LogP contribution in [0.3, 0.4) is 0 Å². The predicted octanol–water partition coefficient (Wildman–Crippen LogP) is 7.75. The molecule has 2 aromatic carbocycles.